The molecule has 15 rings (SSSR count). The molecule has 0 radical (unpaired) electrons. The van der Waals surface area contributed by atoms with Crippen molar-refractivity contribution in [2.75, 3.05) is 0 Å². The first-order chi connectivity index (χ1) is 43.9. The predicted octanol–water partition coefficient (Wildman–Crippen LogP) is 24.9. The summed E-state index contributed by atoms with van der Waals surface area (Å²) in [5.41, 5.74) is 2.54. The zero-order chi connectivity index (χ0) is 65.4. The molecule has 3 saturated heterocycles. The Hall–Kier alpha value is 0.335. The normalized spacial score (nSPS) is 49.0. The first-order valence-electron chi connectivity index (χ1n) is 43.1. The van der Waals surface area contributed by atoms with Gasteiger partial charge in [-0.1, -0.05) is 202 Å². The lowest BCUT2D eigenvalue weighted by molar-refractivity contribution is -0.154. The smallest absolute Gasteiger partial charge is 0.155 e. The molecule has 18 unspecified atom stereocenters. The molecule has 0 N–H and O–H groups in total. The topological polar surface area (TPSA) is 6.48 Å². The highest BCUT2D eigenvalue weighted by atomic mass is 32.2. The van der Waals surface area contributed by atoms with Gasteiger partial charge in [-0.2, -0.15) is 11.8 Å². The van der Waals surface area contributed by atoms with Crippen molar-refractivity contribution >= 4 is 18.5 Å². The number of fused-ring (bicyclic) bond motifs is 7. The van der Waals surface area contributed by atoms with E-state index in [1.165, 1.54) is 83.5 Å². The number of likely N-dealkylation sites (tertiary alicyclic amines) is 1. The summed E-state index contributed by atoms with van der Waals surface area (Å²) >= 11 is 2.78. The summed E-state index contributed by atoms with van der Waals surface area (Å²) in [4.78, 5) is 7.32. The molecule has 15 aliphatic rings. The van der Waals surface area contributed by atoms with Crippen molar-refractivity contribution in [1.82, 2.24) is 9.80 Å². The Morgan fingerprint density at radius 1 is 0.312 bits per heavy atom. The van der Waals surface area contributed by atoms with E-state index in [-0.39, 0.29) is 0 Å². The number of hydrogen-bond acceptors (Lipinski definition) is 3. The average Bonchev–Trinajstić information content (AvgIpc) is 1.10. The highest BCUT2D eigenvalue weighted by Gasteiger charge is 2.68. The van der Waals surface area contributed by atoms with Gasteiger partial charge in [-0.05, 0) is 310 Å². The lowest BCUT2D eigenvalue weighted by Crippen LogP contribution is -2.72. The Morgan fingerprint density at radius 2 is 0.796 bits per heavy atom. The molecule has 3 aliphatic heterocycles. The van der Waals surface area contributed by atoms with Gasteiger partial charge in [0.05, 0.1) is 0 Å². The standard InChI is InChI=1S/C89H153BN2S/c1-84(2,3)52-53-39-77-82-79(40-53)93-78-51-65(91-74-37-32-60(85(4,5)6)46-69(74)70-47-61(86(7,8)9)33-38-75(70)91)34-35-72(78)90(82)73-45-56(66-44-59-43-62(87(10,11)12)41-57-29-30-58-42-63(88(13,14)15)50-71(66)81(58)80(57)59)31-36-76(73)92(77)83-67(54-25-21-19-22-26-54)48-64(89(16,17)18)49-68(83)55-27-23-20-24-28-55/h53-83H,19-52H2,1-18H3/t53?,56-,57+,58?,59+,60-,61?,62-,63?,64?,65-,66?,67-,68+,69?,70?,71?,72+,73?,74?,75?,76+,77?,78?,79?,80?,81?,82-,83?/m0/s1. The highest BCUT2D eigenvalue weighted by Crippen LogP contribution is 2.72. The molecule has 0 amide bonds. The van der Waals surface area contributed by atoms with Gasteiger partial charge < -0.3 is 0 Å². The minimum Gasteiger partial charge on any atom is -0.295 e. The molecule has 12 saturated carbocycles. The monoisotopic (exact) mass is 1290 g/mol. The SMILES string of the molecule is CC(C)(C)CC1CC2SC3C[C@@H](N4C5CCC(C(C)(C)C)CC5C5C[C@@H](C(C)(C)C)CCC54)CC[C@H]3B3C4C[C@@H](C5C[C@H]6C[C@@H](C(C)(C)C)C[C@H]7CCC8CC(C(C)(C)C)CC5C8C76)CC[C@H]4N(C4[C@@H](C5CCCCC5)CC(C(C)(C)C)C[C@H]4C4CCCCC4)C(C1)[C@H]32. The van der Waals surface area contributed by atoms with E-state index < -0.39 is 0 Å². The molecule has 93 heavy (non-hydrogen) atoms. The fourth-order valence-electron chi connectivity index (χ4n) is 30.9. The summed E-state index contributed by atoms with van der Waals surface area (Å²) in [7, 11) is 0. The van der Waals surface area contributed by atoms with Crippen molar-refractivity contribution in [3.8, 4) is 0 Å². The molecule has 0 bridgehead atoms. The van der Waals surface area contributed by atoms with Crippen molar-refractivity contribution in [2.24, 2.45) is 151 Å². The lowest BCUT2D eigenvalue weighted by atomic mass is 9.20. The van der Waals surface area contributed by atoms with Crippen molar-refractivity contribution in [3.05, 3.63) is 0 Å². The van der Waals surface area contributed by atoms with E-state index in [0.717, 1.165) is 189 Å². The van der Waals surface area contributed by atoms with Crippen LogP contribution in [0.2, 0.25) is 17.5 Å². The van der Waals surface area contributed by atoms with Gasteiger partial charge in [0, 0.05) is 46.8 Å². The van der Waals surface area contributed by atoms with Crippen LogP contribution in [-0.4, -0.2) is 63.3 Å². The van der Waals surface area contributed by atoms with E-state index in [1.54, 1.807) is 135 Å². The van der Waals surface area contributed by atoms with Crippen LogP contribution in [0.15, 0.2) is 0 Å². The van der Waals surface area contributed by atoms with Crippen LogP contribution in [0.4, 0.5) is 0 Å². The quantitative estimate of drug-likeness (QED) is 0.245. The molecule has 528 valence electrons. The Kier molecular flexibility index (Phi) is 19.0. The number of nitrogens with zero attached hydrogens (tertiary/aromatic N) is 2. The molecule has 12 aliphatic carbocycles. The lowest BCUT2D eigenvalue weighted by Gasteiger charge is -2.69. The second-order valence-corrected chi connectivity index (χ2v) is 47.4. The van der Waals surface area contributed by atoms with Crippen LogP contribution < -0.4 is 0 Å². The first-order valence-corrected chi connectivity index (χ1v) is 44.0. The highest BCUT2D eigenvalue weighted by molar-refractivity contribution is 8.00. The van der Waals surface area contributed by atoms with Gasteiger partial charge in [-0.3, -0.25) is 9.80 Å². The maximum absolute atomic E-state index is 3.84. The molecule has 0 spiro atoms. The van der Waals surface area contributed by atoms with Crippen molar-refractivity contribution in [2.45, 2.75) is 407 Å². The van der Waals surface area contributed by atoms with Gasteiger partial charge in [0.15, 0.2) is 6.71 Å². The Morgan fingerprint density at radius 3 is 1.34 bits per heavy atom. The molecule has 29 atom stereocenters. The molecule has 3 heterocycles. The Balaban J connectivity index is 0.834. The van der Waals surface area contributed by atoms with Crippen LogP contribution in [0.5, 0.6) is 0 Å². The van der Waals surface area contributed by atoms with Crippen molar-refractivity contribution < 1.29 is 0 Å². The zero-order valence-electron chi connectivity index (χ0n) is 64.8. The van der Waals surface area contributed by atoms with Crippen molar-refractivity contribution in [3.63, 3.8) is 0 Å². The Bertz CT molecular complexity index is 2470. The van der Waals surface area contributed by atoms with Crippen LogP contribution in [0.3, 0.4) is 0 Å². The molecule has 15 fully saturated rings. The summed E-state index contributed by atoms with van der Waals surface area (Å²) in [5, 5.41) is 1.76. The zero-order valence-corrected chi connectivity index (χ0v) is 65.6. The van der Waals surface area contributed by atoms with Gasteiger partial charge in [0.1, 0.15) is 0 Å². The fourth-order valence-corrected chi connectivity index (χ4v) is 33.2. The Labute approximate surface area is 582 Å². The van der Waals surface area contributed by atoms with Crippen LogP contribution in [0.25, 0.3) is 0 Å². The minimum absolute atomic E-state index is 0.391. The summed E-state index contributed by atoms with van der Waals surface area (Å²) in [6.07, 6.45) is 52.7. The molecule has 0 aromatic carbocycles. The number of thioether (sulfide) groups is 1. The second kappa shape index (κ2) is 25.6. The van der Waals surface area contributed by atoms with E-state index in [2.05, 4.69) is 146 Å². The third kappa shape index (κ3) is 13.0. The molecule has 0 aromatic rings. The van der Waals surface area contributed by atoms with Gasteiger partial charge in [-0.25, -0.2) is 0 Å². The van der Waals surface area contributed by atoms with Gasteiger partial charge >= 0.3 is 0 Å². The van der Waals surface area contributed by atoms with E-state index in [1.807, 2.05) is 0 Å². The van der Waals surface area contributed by atoms with Gasteiger partial charge in [0.2, 0.25) is 0 Å². The average molecular weight is 1290 g/mol. The third-order valence-electron chi connectivity index (χ3n) is 35.1. The van der Waals surface area contributed by atoms with Crippen LogP contribution >= 0.6 is 11.8 Å². The molecule has 0 aromatic heterocycles. The maximum Gasteiger partial charge on any atom is 0.155 e. The number of rotatable bonds is 6. The van der Waals surface area contributed by atoms with Gasteiger partial charge in [0.25, 0.3) is 0 Å². The minimum atomic E-state index is 0.391. The van der Waals surface area contributed by atoms with Crippen molar-refractivity contribution in [1.29, 1.82) is 0 Å². The maximum atomic E-state index is 3.84. The fraction of sp³-hybridized carbons (Fsp3) is 1.00. The molecule has 4 heteroatoms. The van der Waals surface area contributed by atoms with E-state index in [0.29, 0.717) is 32.5 Å². The summed E-state index contributed by atoms with van der Waals surface area (Å²) < 4.78 is 0. The predicted molar refractivity (Wildman–Crippen MR) is 402 cm³/mol. The number of hydrogen-bond donors (Lipinski definition) is 0. The van der Waals surface area contributed by atoms with E-state index in [9.17, 15) is 0 Å². The molecular weight excluding hydrogens is 1140 g/mol. The van der Waals surface area contributed by atoms with Crippen LogP contribution in [-0.2, 0) is 0 Å². The third-order valence-corrected chi connectivity index (χ3v) is 36.9. The van der Waals surface area contributed by atoms with Crippen LogP contribution in [0.1, 0.15) is 343 Å². The molecule has 2 nitrogen and oxygen atoms in total. The summed E-state index contributed by atoms with van der Waals surface area (Å²) in [6.45, 7) is 48.9. The molecular formula is C89H153BN2S. The van der Waals surface area contributed by atoms with E-state index in [4.69, 9.17) is 0 Å². The summed E-state index contributed by atoms with van der Waals surface area (Å²) in [5.74, 6) is 22.0. The summed E-state index contributed by atoms with van der Waals surface area (Å²) in [6, 6.07) is 5.06. The van der Waals surface area contributed by atoms with Crippen LogP contribution in [0, 0.1) is 151 Å². The largest absolute Gasteiger partial charge is 0.295 e. The second-order valence-electron chi connectivity index (χ2n) is 45.9. The van der Waals surface area contributed by atoms with E-state index >= 15 is 0 Å². The van der Waals surface area contributed by atoms with Gasteiger partial charge in [-0.15, -0.1) is 0 Å². The first kappa shape index (κ1) is 69.1.